The van der Waals surface area contributed by atoms with Gasteiger partial charge in [0.25, 0.3) is 10.0 Å². The van der Waals surface area contributed by atoms with E-state index in [1.165, 1.54) is 41.3 Å². The van der Waals surface area contributed by atoms with Gasteiger partial charge in [-0.3, -0.25) is 13.9 Å². The maximum Gasteiger partial charge on any atom is 0.307 e. The lowest BCUT2D eigenvalue weighted by atomic mass is 10.2. The Morgan fingerprint density at radius 2 is 1.63 bits per heavy atom. The number of morpholine rings is 1. The van der Waals surface area contributed by atoms with Crippen LogP contribution < -0.4 is 14.6 Å². The van der Waals surface area contributed by atoms with Crippen molar-refractivity contribution >= 4 is 21.6 Å². The average Bonchev–Trinajstić information content (AvgIpc) is 2.86. The number of amides is 1. The van der Waals surface area contributed by atoms with Crippen LogP contribution in [0.3, 0.4) is 0 Å². The molecule has 184 valence electrons. The van der Waals surface area contributed by atoms with Crippen molar-refractivity contribution in [2.45, 2.75) is 11.8 Å². The molecule has 2 aromatic carbocycles. The lowest BCUT2D eigenvalue weighted by Gasteiger charge is -2.30. The molecule has 1 amide bonds. The number of aromatic nitrogens is 1. The quantitative estimate of drug-likeness (QED) is 0.495. The van der Waals surface area contributed by atoms with Gasteiger partial charge in [-0.2, -0.15) is 4.73 Å². The molecule has 3 aromatic rings. The number of rotatable bonds is 7. The minimum Gasteiger partial charge on any atom is -0.457 e. The van der Waals surface area contributed by atoms with Crippen LogP contribution in [0.5, 0.6) is 11.5 Å². The normalized spacial score (nSPS) is 13.9. The lowest BCUT2D eigenvalue weighted by Crippen LogP contribution is -2.48. The molecule has 1 N–H and O–H groups in total. The van der Waals surface area contributed by atoms with Crippen molar-refractivity contribution in [2.75, 3.05) is 37.2 Å². The number of nitrogens with zero attached hydrogens (tertiary/aromatic N) is 3. The second-order valence-corrected chi connectivity index (χ2v) is 9.80. The first-order valence-corrected chi connectivity index (χ1v) is 12.3. The SMILES string of the molecule is Cc1ccc(Oc2ccc(S(=O)(=O)N(CC(=O)N3CCOCC3)c3cccn(O)c3=O)cc2)cc1. The van der Waals surface area contributed by atoms with Gasteiger partial charge >= 0.3 is 5.56 Å². The van der Waals surface area contributed by atoms with Crippen LogP contribution >= 0.6 is 0 Å². The van der Waals surface area contributed by atoms with Crippen LogP contribution in [0.25, 0.3) is 0 Å². The molecule has 0 bridgehead atoms. The molecule has 1 aliphatic rings. The highest BCUT2D eigenvalue weighted by Gasteiger charge is 2.31. The summed E-state index contributed by atoms with van der Waals surface area (Å²) in [7, 11) is -4.35. The van der Waals surface area contributed by atoms with Gasteiger partial charge in [0.05, 0.1) is 18.1 Å². The Labute approximate surface area is 202 Å². The van der Waals surface area contributed by atoms with E-state index in [-0.39, 0.29) is 15.3 Å². The van der Waals surface area contributed by atoms with E-state index in [9.17, 15) is 23.2 Å². The Hall–Kier alpha value is -3.83. The summed E-state index contributed by atoms with van der Waals surface area (Å²) in [5.74, 6) is 0.529. The zero-order chi connectivity index (χ0) is 25.0. The fourth-order valence-corrected chi connectivity index (χ4v) is 4.96. The third-order valence-corrected chi connectivity index (χ3v) is 7.26. The second kappa shape index (κ2) is 10.2. The average molecular weight is 500 g/mol. The summed E-state index contributed by atoms with van der Waals surface area (Å²) in [6, 6.07) is 15.6. The zero-order valence-electron chi connectivity index (χ0n) is 19.0. The molecule has 0 unspecified atom stereocenters. The Bertz CT molecular complexity index is 1350. The molecule has 4 rings (SSSR count). The molecular formula is C24H25N3O7S. The number of hydrogen-bond acceptors (Lipinski definition) is 7. The molecule has 35 heavy (non-hydrogen) atoms. The predicted molar refractivity (Wildman–Crippen MR) is 128 cm³/mol. The standard InChI is InChI=1S/C24H25N3O7S/c1-18-4-6-19(7-5-18)34-20-8-10-21(11-9-20)35(31,32)27(22-3-2-12-26(30)24(22)29)17-23(28)25-13-15-33-16-14-25/h2-12,30H,13-17H2,1H3. The van der Waals surface area contributed by atoms with Crippen LogP contribution in [0.4, 0.5) is 5.69 Å². The minimum atomic E-state index is -4.35. The van der Waals surface area contributed by atoms with Gasteiger partial charge in [0.15, 0.2) is 0 Å². The minimum absolute atomic E-state index is 0.142. The summed E-state index contributed by atoms with van der Waals surface area (Å²) in [6.07, 6.45) is 1.08. The van der Waals surface area contributed by atoms with E-state index in [1.54, 1.807) is 12.1 Å². The van der Waals surface area contributed by atoms with Crippen molar-refractivity contribution in [2.24, 2.45) is 0 Å². The van der Waals surface area contributed by atoms with E-state index in [1.807, 2.05) is 19.1 Å². The highest BCUT2D eigenvalue weighted by atomic mass is 32.2. The van der Waals surface area contributed by atoms with Crippen LogP contribution in [0.2, 0.25) is 0 Å². The Balaban J connectivity index is 1.64. The molecule has 1 aliphatic heterocycles. The van der Waals surface area contributed by atoms with Crippen LogP contribution in [0.1, 0.15) is 5.56 Å². The van der Waals surface area contributed by atoms with Crippen LogP contribution in [-0.4, -0.2) is 62.0 Å². The number of hydrogen-bond donors (Lipinski definition) is 1. The number of carbonyl (C=O) groups excluding carboxylic acids is 1. The summed E-state index contributed by atoms with van der Waals surface area (Å²) < 4.78 is 39.2. The fraction of sp³-hybridized carbons (Fsp3) is 0.250. The smallest absolute Gasteiger partial charge is 0.307 e. The summed E-state index contributed by atoms with van der Waals surface area (Å²) in [4.78, 5) is 26.8. The number of anilines is 1. The number of aryl methyl sites for hydroxylation is 1. The number of carbonyl (C=O) groups is 1. The van der Waals surface area contributed by atoms with E-state index < -0.39 is 28.0 Å². The maximum atomic E-state index is 13.6. The van der Waals surface area contributed by atoms with Gasteiger partial charge in [0, 0.05) is 19.3 Å². The highest BCUT2D eigenvalue weighted by Crippen LogP contribution is 2.26. The van der Waals surface area contributed by atoms with Gasteiger partial charge in [0.1, 0.15) is 23.7 Å². The maximum absolute atomic E-state index is 13.6. The first-order chi connectivity index (χ1) is 16.8. The third-order valence-electron chi connectivity index (χ3n) is 5.49. The molecular weight excluding hydrogens is 474 g/mol. The summed E-state index contributed by atoms with van der Waals surface area (Å²) in [6.45, 7) is 2.67. The van der Waals surface area contributed by atoms with Crippen molar-refractivity contribution in [1.29, 1.82) is 0 Å². The van der Waals surface area contributed by atoms with E-state index in [4.69, 9.17) is 9.47 Å². The third kappa shape index (κ3) is 5.47. The monoisotopic (exact) mass is 499 g/mol. The molecule has 1 aromatic heterocycles. The van der Waals surface area contributed by atoms with E-state index >= 15 is 0 Å². The number of ether oxygens (including phenoxy) is 2. The molecule has 10 nitrogen and oxygen atoms in total. The fourth-order valence-electron chi connectivity index (χ4n) is 3.55. The van der Waals surface area contributed by atoms with Gasteiger partial charge in [0.2, 0.25) is 5.91 Å². The molecule has 2 heterocycles. The molecule has 1 fully saturated rings. The van der Waals surface area contributed by atoms with E-state index in [2.05, 4.69) is 0 Å². The van der Waals surface area contributed by atoms with Crippen LogP contribution in [0.15, 0.2) is 76.6 Å². The number of benzene rings is 2. The summed E-state index contributed by atoms with van der Waals surface area (Å²) in [5.41, 5.74) is -0.241. The van der Waals surface area contributed by atoms with Gasteiger partial charge < -0.3 is 19.6 Å². The first kappa shape index (κ1) is 24.3. The van der Waals surface area contributed by atoms with Crippen LogP contribution in [0, 0.1) is 6.92 Å². The topological polar surface area (TPSA) is 118 Å². The predicted octanol–water partition coefficient (Wildman–Crippen LogP) is 2.24. The van der Waals surface area contributed by atoms with Crippen LogP contribution in [-0.2, 0) is 19.6 Å². The second-order valence-electron chi connectivity index (χ2n) is 7.93. The molecule has 0 atom stereocenters. The van der Waals surface area contributed by atoms with Crippen molar-refractivity contribution in [3.63, 3.8) is 0 Å². The summed E-state index contributed by atoms with van der Waals surface area (Å²) >= 11 is 0. The van der Waals surface area contributed by atoms with Crippen molar-refractivity contribution in [3.05, 3.63) is 82.8 Å². The van der Waals surface area contributed by atoms with E-state index in [0.717, 1.165) is 16.1 Å². The van der Waals surface area contributed by atoms with Gasteiger partial charge in [-0.1, -0.05) is 17.7 Å². The molecule has 11 heteroatoms. The van der Waals surface area contributed by atoms with Gasteiger partial charge in [-0.25, -0.2) is 8.42 Å². The van der Waals surface area contributed by atoms with E-state index in [0.29, 0.717) is 37.8 Å². The number of pyridine rings is 1. The van der Waals surface area contributed by atoms with Gasteiger partial charge in [-0.05, 0) is 55.5 Å². The Morgan fingerprint density at radius 1 is 1.03 bits per heavy atom. The Morgan fingerprint density at radius 3 is 2.26 bits per heavy atom. The van der Waals surface area contributed by atoms with Gasteiger partial charge in [-0.15, -0.1) is 0 Å². The largest absolute Gasteiger partial charge is 0.457 e. The summed E-state index contributed by atoms with van der Waals surface area (Å²) in [5, 5.41) is 9.82. The molecule has 0 spiro atoms. The van der Waals surface area contributed by atoms with Crippen molar-refractivity contribution in [3.8, 4) is 11.5 Å². The van der Waals surface area contributed by atoms with Crippen molar-refractivity contribution < 1.29 is 27.9 Å². The highest BCUT2D eigenvalue weighted by molar-refractivity contribution is 7.92. The first-order valence-electron chi connectivity index (χ1n) is 10.9. The van der Waals surface area contributed by atoms with Crippen molar-refractivity contribution in [1.82, 2.24) is 9.63 Å². The zero-order valence-corrected chi connectivity index (χ0v) is 19.8. The number of sulfonamides is 1. The Kier molecular flexibility index (Phi) is 7.08. The molecule has 0 aliphatic carbocycles. The lowest BCUT2D eigenvalue weighted by molar-refractivity contribution is -0.133. The molecule has 0 saturated carbocycles. The molecule has 0 radical (unpaired) electrons. The molecule has 1 saturated heterocycles.